The standard InChI is InChI=1S/C15H18N4O3/c1-21-12-6-5-10(7-13(12)22-2)16-15(20)17-14-8-11(18-19-14)9-3-4-9/h5-9H,3-4H2,1-2H3,(H3,16,17,18,19,20). The van der Waals surface area contributed by atoms with Crippen molar-refractivity contribution in [2.75, 3.05) is 24.9 Å². The van der Waals surface area contributed by atoms with Gasteiger partial charge in [0, 0.05) is 29.4 Å². The molecule has 3 N–H and O–H groups in total. The van der Waals surface area contributed by atoms with E-state index >= 15 is 0 Å². The molecule has 1 aliphatic rings. The highest BCUT2D eigenvalue weighted by molar-refractivity contribution is 5.99. The summed E-state index contributed by atoms with van der Waals surface area (Å²) in [5.74, 6) is 2.24. The van der Waals surface area contributed by atoms with Crippen LogP contribution in [-0.4, -0.2) is 30.4 Å². The number of nitrogens with zero attached hydrogens (tertiary/aromatic N) is 1. The summed E-state index contributed by atoms with van der Waals surface area (Å²) >= 11 is 0. The van der Waals surface area contributed by atoms with Gasteiger partial charge in [0.2, 0.25) is 0 Å². The maximum atomic E-state index is 12.0. The molecule has 0 radical (unpaired) electrons. The molecule has 0 saturated heterocycles. The second-order valence-electron chi connectivity index (χ2n) is 5.13. The highest BCUT2D eigenvalue weighted by Crippen LogP contribution is 2.39. The number of amides is 2. The Hall–Kier alpha value is -2.70. The topological polar surface area (TPSA) is 88.3 Å². The van der Waals surface area contributed by atoms with Gasteiger partial charge in [0.05, 0.1) is 14.2 Å². The van der Waals surface area contributed by atoms with Gasteiger partial charge in [-0.05, 0) is 25.0 Å². The average Bonchev–Trinajstić information content (AvgIpc) is 3.27. The van der Waals surface area contributed by atoms with Crippen molar-refractivity contribution < 1.29 is 14.3 Å². The molecule has 7 nitrogen and oxygen atoms in total. The summed E-state index contributed by atoms with van der Waals surface area (Å²) in [6.07, 6.45) is 2.36. The molecular formula is C15H18N4O3. The fourth-order valence-electron chi connectivity index (χ4n) is 2.20. The average molecular weight is 302 g/mol. The Kier molecular flexibility index (Phi) is 3.86. The minimum Gasteiger partial charge on any atom is -0.493 e. The molecule has 1 aromatic carbocycles. The third kappa shape index (κ3) is 3.13. The fourth-order valence-corrected chi connectivity index (χ4v) is 2.20. The number of hydrogen-bond acceptors (Lipinski definition) is 4. The van der Waals surface area contributed by atoms with Gasteiger partial charge in [-0.1, -0.05) is 0 Å². The Bertz CT molecular complexity index is 679. The molecule has 1 saturated carbocycles. The van der Waals surface area contributed by atoms with Crippen molar-refractivity contribution in [3.8, 4) is 11.5 Å². The number of aromatic nitrogens is 2. The summed E-state index contributed by atoms with van der Waals surface area (Å²) in [5.41, 5.74) is 1.68. The van der Waals surface area contributed by atoms with E-state index in [2.05, 4.69) is 20.8 Å². The quantitative estimate of drug-likeness (QED) is 0.792. The molecule has 7 heteroatoms. The van der Waals surface area contributed by atoms with E-state index in [0.717, 1.165) is 5.69 Å². The largest absolute Gasteiger partial charge is 0.493 e. The van der Waals surface area contributed by atoms with Gasteiger partial charge in [0.15, 0.2) is 17.3 Å². The van der Waals surface area contributed by atoms with Gasteiger partial charge in [-0.3, -0.25) is 10.4 Å². The molecular weight excluding hydrogens is 284 g/mol. The molecule has 116 valence electrons. The molecule has 1 fully saturated rings. The number of urea groups is 1. The lowest BCUT2D eigenvalue weighted by Gasteiger charge is -2.10. The predicted octanol–water partition coefficient (Wildman–Crippen LogP) is 2.95. The molecule has 2 aromatic rings. The molecule has 1 heterocycles. The minimum absolute atomic E-state index is 0.360. The number of nitrogens with one attached hydrogen (secondary N) is 3. The summed E-state index contributed by atoms with van der Waals surface area (Å²) in [7, 11) is 3.11. The second-order valence-corrected chi connectivity index (χ2v) is 5.13. The lowest BCUT2D eigenvalue weighted by atomic mass is 10.3. The number of benzene rings is 1. The third-order valence-electron chi connectivity index (χ3n) is 3.50. The molecule has 3 rings (SSSR count). The van der Waals surface area contributed by atoms with Crippen molar-refractivity contribution in [3.05, 3.63) is 30.0 Å². The first-order chi connectivity index (χ1) is 10.7. The van der Waals surface area contributed by atoms with Crippen LogP contribution in [0.5, 0.6) is 11.5 Å². The first kappa shape index (κ1) is 14.2. The molecule has 1 aliphatic carbocycles. The van der Waals surface area contributed by atoms with Crippen molar-refractivity contribution in [2.45, 2.75) is 18.8 Å². The Balaban J connectivity index is 1.63. The highest BCUT2D eigenvalue weighted by atomic mass is 16.5. The van der Waals surface area contributed by atoms with Crippen LogP contribution in [0, 0.1) is 0 Å². The molecule has 22 heavy (non-hydrogen) atoms. The third-order valence-corrected chi connectivity index (χ3v) is 3.50. The van der Waals surface area contributed by atoms with Crippen molar-refractivity contribution in [3.63, 3.8) is 0 Å². The van der Waals surface area contributed by atoms with Gasteiger partial charge in [-0.15, -0.1) is 0 Å². The van der Waals surface area contributed by atoms with Crippen LogP contribution in [0.4, 0.5) is 16.3 Å². The molecule has 0 unspecified atom stereocenters. The van der Waals surface area contributed by atoms with E-state index in [9.17, 15) is 4.79 Å². The van der Waals surface area contributed by atoms with Gasteiger partial charge in [-0.2, -0.15) is 5.10 Å². The van der Waals surface area contributed by atoms with E-state index in [-0.39, 0.29) is 6.03 Å². The second kappa shape index (κ2) is 5.97. The maximum absolute atomic E-state index is 12.0. The zero-order chi connectivity index (χ0) is 15.5. The van der Waals surface area contributed by atoms with Gasteiger partial charge >= 0.3 is 6.03 Å². The first-order valence-corrected chi connectivity index (χ1v) is 7.05. The van der Waals surface area contributed by atoms with E-state index in [4.69, 9.17) is 9.47 Å². The zero-order valence-electron chi connectivity index (χ0n) is 12.5. The summed E-state index contributed by atoms with van der Waals surface area (Å²) in [6, 6.07) is 6.67. The van der Waals surface area contributed by atoms with E-state index < -0.39 is 0 Å². The van der Waals surface area contributed by atoms with E-state index in [1.165, 1.54) is 12.8 Å². The number of aromatic amines is 1. The first-order valence-electron chi connectivity index (χ1n) is 7.05. The van der Waals surface area contributed by atoms with Crippen molar-refractivity contribution in [1.29, 1.82) is 0 Å². The summed E-state index contributed by atoms with van der Waals surface area (Å²) in [4.78, 5) is 12.0. The van der Waals surface area contributed by atoms with E-state index in [1.807, 2.05) is 6.07 Å². The number of anilines is 2. The number of H-pyrrole nitrogens is 1. The van der Waals surface area contributed by atoms with Crippen LogP contribution >= 0.6 is 0 Å². The Labute approximate surface area is 128 Å². The van der Waals surface area contributed by atoms with Crippen molar-refractivity contribution in [2.24, 2.45) is 0 Å². The molecule has 0 aliphatic heterocycles. The van der Waals surface area contributed by atoms with Gasteiger partial charge < -0.3 is 14.8 Å². The number of hydrogen-bond donors (Lipinski definition) is 3. The summed E-state index contributed by atoms with van der Waals surface area (Å²) < 4.78 is 10.4. The summed E-state index contributed by atoms with van der Waals surface area (Å²) in [6.45, 7) is 0. The number of methoxy groups -OCH3 is 2. The van der Waals surface area contributed by atoms with Crippen LogP contribution < -0.4 is 20.1 Å². The molecule has 0 bridgehead atoms. The molecule has 2 amide bonds. The van der Waals surface area contributed by atoms with Crippen LogP contribution in [0.25, 0.3) is 0 Å². The lowest BCUT2D eigenvalue weighted by Crippen LogP contribution is -2.19. The van der Waals surface area contributed by atoms with Gasteiger partial charge in [0.1, 0.15) is 0 Å². The molecule has 0 spiro atoms. The number of carbonyl (C=O) groups excluding carboxylic acids is 1. The fraction of sp³-hybridized carbons (Fsp3) is 0.333. The van der Waals surface area contributed by atoms with Crippen LogP contribution in [0.2, 0.25) is 0 Å². The number of ether oxygens (including phenoxy) is 2. The smallest absolute Gasteiger partial charge is 0.324 e. The van der Waals surface area contributed by atoms with Gasteiger partial charge in [0.25, 0.3) is 0 Å². The molecule has 0 atom stereocenters. The highest BCUT2D eigenvalue weighted by Gasteiger charge is 2.25. The van der Waals surface area contributed by atoms with E-state index in [0.29, 0.717) is 28.9 Å². The van der Waals surface area contributed by atoms with Crippen LogP contribution in [0.1, 0.15) is 24.5 Å². The maximum Gasteiger partial charge on any atom is 0.324 e. The van der Waals surface area contributed by atoms with E-state index in [1.54, 1.807) is 32.4 Å². The van der Waals surface area contributed by atoms with Gasteiger partial charge in [-0.25, -0.2) is 4.79 Å². The van der Waals surface area contributed by atoms with Crippen molar-refractivity contribution in [1.82, 2.24) is 10.2 Å². The zero-order valence-corrected chi connectivity index (χ0v) is 12.5. The molecule has 1 aromatic heterocycles. The monoisotopic (exact) mass is 302 g/mol. The lowest BCUT2D eigenvalue weighted by molar-refractivity contribution is 0.262. The number of carbonyl (C=O) groups is 1. The normalized spacial score (nSPS) is 13.5. The predicted molar refractivity (Wildman–Crippen MR) is 82.8 cm³/mol. The number of rotatable bonds is 5. The van der Waals surface area contributed by atoms with Crippen LogP contribution in [-0.2, 0) is 0 Å². The summed E-state index contributed by atoms with van der Waals surface area (Å²) in [5, 5.41) is 12.4. The minimum atomic E-state index is -0.360. The Morgan fingerprint density at radius 2 is 1.95 bits per heavy atom. The van der Waals surface area contributed by atoms with Crippen LogP contribution in [0.15, 0.2) is 24.3 Å². The Morgan fingerprint density at radius 3 is 2.64 bits per heavy atom. The SMILES string of the molecule is COc1ccc(NC(=O)Nc2cc(C3CC3)[nH]n2)cc1OC. The van der Waals surface area contributed by atoms with Crippen LogP contribution in [0.3, 0.4) is 0 Å². The Morgan fingerprint density at radius 1 is 1.18 bits per heavy atom. The van der Waals surface area contributed by atoms with Crippen molar-refractivity contribution >= 4 is 17.5 Å².